The van der Waals surface area contributed by atoms with Crippen molar-refractivity contribution in [2.75, 3.05) is 47.5 Å². The van der Waals surface area contributed by atoms with Gasteiger partial charge in [-0.1, -0.05) is 276 Å². The summed E-state index contributed by atoms with van der Waals surface area (Å²) in [5.74, 6) is -0.946. The molecule has 0 spiro atoms. The molecule has 0 aliphatic carbocycles. The summed E-state index contributed by atoms with van der Waals surface area (Å²) < 4.78 is 34.4. The maximum atomic E-state index is 12.8. The Morgan fingerprint density at radius 3 is 1.06 bits per heavy atom. The number of likely N-dealkylation sites (N-methyl/N-ethyl adjacent to an activating group) is 1. The van der Waals surface area contributed by atoms with Crippen LogP contribution in [0.5, 0.6) is 0 Å². The van der Waals surface area contributed by atoms with Crippen molar-refractivity contribution in [3.63, 3.8) is 0 Å². The third-order valence-corrected chi connectivity index (χ3v) is 14.2. The molecule has 0 saturated carbocycles. The van der Waals surface area contributed by atoms with Gasteiger partial charge in [0.2, 0.25) is 0 Å². The van der Waals surface area contributed by atoms with E-state index in [1.54, 1.807) is 6.08 Å². The van der Waals surface area contributed by atoms with E-state index < -0.39 is 32.5 Å². The normalized spacial score (nSPS) is 14.1. The number of unbranched alkanes of at least 4 members (excludes halogenated alkanes) is 22. The molecule has 456 valence electrons. The first-order valence-electron chi connectivity index (χ1n) is 31.9. The van der Waals surface area contributed by atoms with Crippen molar-refractivity contribution in [2.24, 2.45) is 0 Å². The first-order valence-corrected chi connectivity index (χ1v) is 33.4. The quantitative estimate of drug-likeness (QED) is 0.0211. The minimum Gasteiger partial charge on any atom is -0.461 e. The highest BCUT2D eigenvalue weighted by atomic mass is 31.2. The first-order chi connectivity index (χ1) is 39.0. The van der Waals surface area contributed by atoms with E-state index in [1.165, 1.54) is 122 Å². The lowest BCUT2D eigenvalue weighted by molar-refractivity contribution is -0.870. The highest BCUT2D eigenvalue weighted by molar-refractivity contribution is 7.47. The van der Waals surface area contributed by atoms with E-state index in [-0.39, 0.29) is 26.1 Å². The Hall–Kier alpha value is -3.85. The molecule has 9 nitrogen and oxygen atoms in total. The zero-order chi connectivity index (χ0) is 58.4. The van der Waals surface area contributed by atoms with Crippen molar-refractivity contribution >= 4 is 19.8 Å². The standard InChI is InChI=1S/C70H118NO8P/c1-6-8-10-12-14-16-18-20-22-23-24-25-26-27-28-29-30-31-32-33-34-35-36-37-38-39-40-41-42-43-44-45-46-47-49-51-53-55-57-59-61-63-70(73)79-68(67-78-80(74,75)77-65-64-71(3,4)5)66-76-69(72)62-60-58-56-54-52-50-48-21-19-17-15-13-11-9-7-2/h8-11,14-17,20-22,24-25,27-28,30-31,48,52,54,58,60,68H,6-7,12-13,18-19,23,26,29,32-47,49-51,53,55-57,59,61-67H2,1-5H3/p+1/b10-8-,11-9-,16-14-,17-15-,22-20-,25-24-,28-27-,31-30-,48-21-,54-52-,60-58-. The van der Waals surface area contributed by atoms with Gasteiger partial charge in [0, 0.05) is 6.42 Å². The number of allylic oxidation sites excluding steroid dienone is 21. The Bertz CT molecular complexity index is 1810. The van der Waals surface area contributed by atoms with Gasteiger partial charge in [-0.25, -0.2) is 4.57 Å². The number of carbonyl (C=O) groups excluding carboxylic acids is 2. The molecule has 0 amide bonds. The van der Waals surface area contributed by atoms with Crippen molar-refractivity contribution in [2.45, 2.75) is 251 Å². The fourth-order valence-corrected chi connectivity index (χ4v) is 9.13. The molecule has 10 heteroatoms. The number of phosphoric ester groups is 1. The molecule has 0 aliphatic heterocycles. The van der Waals surface area contributed by atoms with Gasteiger partial charge in [-0.15, -0.1) is 0 Å². The molecule has 0 bridgehead atoms. The number of esters is 2. The Labute approximate surface area is 491 Å². The smallest absolute Gasteiger partial charge is 0.461 e. The van der Waals surface area contributed by atoms with Gasteiger partial charge in [0.15, 0.2) is 6.10 Å². The molecule has 0 saturated heterocycles. The van der Waals surface area contributed by atoms with Crippen LogP contribution in [0, 0.1) is 0 Å². The Kier molecular flexibility index (Phi) is 56.9. The predicted molar refractivity (Wildman–Crippen MR) is 344 cm³/mol. The summed E-state index contributed by atoms with van der Waals surface area (Å²) in [6.45, 7) is 4.09. The number of phosphoric acid groups is 1. The zero-order valence-corrected chi connectivity index (χ0v) is 52.7. The van der Waals surface area contributed by atoms with Crippen molar-refractivity contribution in [1.82, 2.24) is 0 Å². The fourth-order valence-electron chi connectivity index (χ4n) is 8.39. The van der Waals surface area contributed by atoms with Crippen molar-refractivity contribution in [3.8, 4) is 0 Å². The maximum Gasteiger partial charge on any atom is 0.472 e. The van der Waals surface area contributed by atoms with Crippen LogP contribution in [-0.4, -0.2) is 74.9 Å². The van der Waals surface area contributed by atoms with Gasteiger partial charge in [0.25, 0.3) is 0 Å². The molecule has 80 heavy (non-hydrogen) atoms. The Morgan fingerprint density at radius 2 is 0.713 bits per heavy atom. The third-order valence-electron chi connectivity index (χ3n) is 13.2. The predicted octanol–water partition coefficient (Wildman–Crippen LogP) is 20.5. The van der Waals surface area contributed by atoms with Gasteiger partial charge in [-0.2, -0.15) is 0 Å². The molecule has 0 aromatic rings. The van der Waals surface area contributed by atoms with Crippen molar-refractivity contribution in [3.05, 3.63) is 134 Å². The molecule has 2 atom stereocenters. The van der Waals surface area contributed by atoms with E-state index in [0.29, 0.717) is 23.9 Å². The zero-order valence-electron chi connectivity index (χ0n) is 51.8. The van der Waals surface area contributed by atoms with Gasteiger partial charge in [-0.3, -0.25) is 18.6 Å². The van der Waals surface area contributed by atoms with Crippen LogP contribution in [0.2, 0.25) is 0 Å². The minimum atomic E-state index is -4.41. The number of rotatable bonds is 57. The number of quaternary nitrogens is 1. The van der Waals surface area contributed by atoms with Crippen molar-refractivity contribution in [1.29, 1.82) is 0 Å². The molecule has 0 aromatic heterocycles. The molecular weight excluding hydrogens is 1010 g/mol. The van der Waals surface area contributed by atoms with Crippen LogP contribution < -0.4 is 0 Å². The van der Waals surface area contributed by atoms with Crippen LogP contribution in [0.4, 0.5) is 0 Å². The van der Waals surface area contributed by atoms with E-state index in [2.05, 4.69) is 129 Å². The number of hydrogen-bond donors (Lipinski definition) is 1. The van der Waals surface area contributed by atoms with E-state index >= 15 is 0 Å². The van der Waals surface area contributed by atoms with Crippen LogP contribution >= 0.6 is 7.82 Å². The summed E-state index contributed by atoms with van der Waals surface area (Å²) >= 11 is 0. The number of hydrogen-bond acceptors (Lipinski definition) is 7. The fraction of sp³-hybridized carbons (Fsp3) is 0.657. The summed E-state index contributed by atoms with van der Waals surface area (Å²) in [6, 6.07) is 0. The second kappa shape index (κ2) is 59.8. The maximum absolute atomic E-state index is 12.8. The number of carbonyl (C=O) groups is 2. The van der Waals surface area contributed by atoms with E-state index in [9.17, 15) is 19.0 Å². The number of ether oxygens (including phenoxy) is 2. The number of nitrogens with zero attached hydrogens (tertiary/aromatic N) is 1. The molecule has 0 aromatic carbocycles. The lowest BCUT2D eigenvalue weighted by Gasteiger charge is -2.24. The topological polar surface area (TPSA) is 108 Å². The summed E-state index contributed by atoms with van der Waals surface area (Å²) in [5, 5.41) is 0. The van der Waals surface area contributed by atoms with Gasteiger partial charge >= 0.3 is 19.8 Å². The van der Waals surface area contributed by atoms with Crippen LogP contribution in [0.25, 0.3) is 0 Å². The van der Waals surface area contributed by atoms with Gasteiger partial charge in [-0.05, 0) is 89.9 Å². The molecule has 0 rings (SSSR count). The van der Waals surface area contributed by atoms with Gasteiger partial charge in [0.05, 0.1) is 34.2 Å². The monoisotopic (exact) mass is 1130 g/mol. The molecular formula is C70H119NO8P+. The summed E-state index contributed by atoms with van der Waals surface area (Å²) in [7, 11) is 1.42. The summed E-state index contributed by atoms with van der Waals surface area (Å²) in [4.78, 5) is 35.6. The SMILES string of the molecule is CC/C=C\C/C=C\C/C=C\C/C=C\C/C=C\C/C=C\CCCCCCCCCCCCCCCCCCCCCCCCC(=O)OC(COC(=O)C/C=C\C/C=C\C/C=C\C/C=C\C/C=C\CC)COP(=O)(O)OCC[N+](C)(C)C. The molecule has 0 radical (unpaired) electrons. The minimum absolute atomic E-state index is 0.0139. The molecule has 1 N–H and O–H groups in total. The molecule has 0 heterocycles. The lowest BCUT2D eigenvalue weighted by Crippen LogP contribution is -2.37. The average molecular weight is 1130 g/mol. The van der Waals surface area contributed by atoms with Crippen LogP contribution in [0.3, 0.4) is 0 Å². The summed E-state index contributed by atoms with van der Waals surface area (Å²) in [5.41, 5.74) is 0. The Balaban J connectivity index is 3.98. The van der Waals surface area contributed by atoms with Gasteiger partial charge in [0.1, 0.15) is 19.8 Å². The second-order valence-electron chi connectivity index (χ2n) is 22.1. The second-order valence-corrected chi connectivity index (χ2v) is 23.5. The van der Waals surface area contributed by atoms with E-state index in [1.807, 2.05) is 33.3 Å². The largest absolute Gasteiger partial charge is 0.472 e. The van der Waals surface area contributed by atoms with Crippen LogP contribution in [0.15, 0.2) is 134 Å². The molecule has 2 unspecified atom stereocenters. The highest BCUT2D eigenvalue weighted by Crippen LogP contribution is 2.43. The molecule has 0 fully saturated rings. The molecule has 0 aliphatic rings. The van der Waals surface area contributed by atoms with E-state index in [4.69, 9.17) is 18.5 Å². The van der Waals surface area contributed by atoms with Crippen molar-refractivity contribution < 1.29 is 42.1 Å². The van der Waals surface area contributed by atoms with Gasteiger partial charge < -0.3 is 18.9 Å². The summed E-state index contributed by atoms with van der Waals surface area (Å²) in [6.07, 6.45) is 87.4. The van der Waals surface area contributed by atoms with Crippen LogP contribution in [-0.2, 0) is 32.7 Å². The third kappa shape index (κ3) is 63.3. The Morgan fingerprint density at radius 1 is 0.400 bits per heavy atom. The lowest BCUT2D eigenvalue weighted by atomic mass is 10.0. The van der Waals surface area contributed by atoms with Crippen LogP contribution in [0.1, 0.15) is 245 Å². The highest BCUT2D eigenvalue weighted by Gasteiger charge is 2.27. The average Bonchev–Trinajstić information content (AvgIpc) is 3.42. The first kappa shape index (κ1) is 76.1. The van der Waals surface area contributed by atoms with E-state index in [0.717, 1.165) is 83.5 Å².